The average molecular weight is 334 g/mol. The van der Waals surface area contributed by atoms with E-state index in [4.69, 9.17) is 4.98 Å². The van der Waals surface area contributed by atoms with E-state index in [9.17, 15) is 9.90 Å². The number of carboxylic acids is 1. The van der Waals surface area contributed by atoms with Crippen LogP contribution in [0.2, 0.25) is 0 Å². The summed E-state index contributed by atoms with van der Waals surface area (Å²) in [5.74, 6) is 0.600. The number of para-hydroxylation sites is 1. The fourth-order valence-corrected chi connectivity index (χ4v) is 3.12. The number of nitrogens with one attached hydrogen (secondary N) is 1. The zero-order valence-corrected chi connectivity index (χ0v) is 13.6. The first-order chi connectivity index (χ1) is 12.2. The largest absolute Gasteiger partial charge is 0.480 e. The molecule has 2 heterocycles. The highest BCUT2D eigenvalue weighted by atomic mass is 16.4. The highest BCUT2D eigenvalue weighted by Crippen LogP contribution is 2.28. The molecule has 1 aliphatic rings. The molecule has 1 aliphatic heterocycles. The van der Waals surface area contributed by atoms with Crippen molar-refractivity contribution >= 4 is 22.7 Å². The lowest BCUT2D eigenvalue weighted by atomic mass is 10.1. The SMILES string of the molecule is O=C(O)[C@@H]1CN(c2nc(-c3ccccc3)nc3ccccc23)CCN1. The number of anilines is 1. The number of fused-ring (bicyclic) bond motifs is 1. The minimum Gasteiger partial charge on any atom is -0.480 e. The fourth-order valence-electron chi connectivity index (χ4n) is 3.12. The summed E-state index contributed by atoms with van der Waals surface area (Å²) >= 11 is 0. The summed E-state index contributed by atoms with van der Waals surface area (Å²) in [5.41, 5.74) is 1.80. The van der Waals surface area contributed by atoms with Gasteiger partial charge in [-0.1, -0.05) is 42.5 Å². The number of hydrogen-bond acceptors (Lipinski definition) is 5. The zero-order chi connectivity index (χ0) is 17.2. The van der Waals surface area contributed by atoms with Gasteiger partial charge in [-0.2, -0.15) is 0 Å². The number of benzene rings is 2. The summed E-state index contributed by atoms with van der Waals surface area (Å²) in [6, 6.07) is 17.1. The lowest BCUT2D eigenvalue weighted by Crippen LogP contribution is -2.54. The summed E-state index contributed by atoms with van der Waals surface area (Å²) in [5, 5.41) is 13.3. The van der Waals surface area contributed by atoms with Crippen molar-refractivity contribution in [2.75, 3.05) is 24.5 Å². The third kappa shape index (κ3) is 3.04. The van der Waals surface area contributed by atoms with Crippen LogP contribution in [0.1, 0.15) is 0 Å². The molecule has 0 amide bonds. The normalized spacial score (nSPS) is 17.6. The van der Waals surface area contributed by atoms with Crippen LogP contribution < -0.4 is 10.2 Å². The van der Waals surface area contributed by atoms with Gasteiger partial charge in [-0.25, -0.2) is 9.97 Å². The summed E-state index contributed by atoms with van der Waals surface area (Å²) in [4.78, 5) is 22.9. The topological polar surface area (TPSA) is 78.3 Å². The molecular formula is C19H18N4O2. The van der Waals surface area contributed by atoms with Crippen molar-refractivity contribution in [2.45, 2.75) is 6.04 Å². The Hall–Kier alpha value is -2.99. The van der Waals surface area contributed by atoms with E-state index in [2.05, 4.69) is 10.3 Å². The molecule has 1 aromatic heterocycles. The number of aromatic nitrogens is 2. The second kappa shape index (κ2) is 6.49. The molecule has 0 bridgehead atoms. The van der Waals surface area contributed by atoms with Gasteiger partial charge >= 0.3 is 5.97 Å². The molecule has 0 aliphatic carbocycles. The second-order valence-electron chi connectivity index (χ2n) is 6.04. The van der Waals surface area contributed by atoms with Crippen molar-refractivity contribution in [1.29, 1.82) is 0 Å². The quantitative estimate of drug-likeness (QED) is 0.764. The maximum Gasteiger partial charge on any atom is 0.322 e. The Morgan fingerprint density at radius 1 is 1.08 bits per heavy atom. The summed E-state index contributed by atoms with van der Waals surface area (Å²) in [7, 11) is 0. The van der Waals surface area contributed by atoms with Crippen LogP contribution in [0.4, 0.5) is 5.82 Å². The highest BCUT2D eigenvalue weighted by Gasteiger charge is 2.27. The van der Waals surface area contributed by atoms with Crippen molar-refractivity contribution < 1.29 is 9.90 Å². The Morgan fingerprint density at radius 3 is 2.64 bits per heavy atom. The first-order valence-electron chi connectivity index (χ1n) is 8.26. The van der Waals surface area contributed by atoms with Crippen LogP contribution in [0.25, 0.3) is 22.3 Å². The van der Waals surface area contributed by atoms with Gasteiger partial charge in [0, 0.05) is 30.6 Å². The van der Waals surface area contributed by atoms with Crippen molar-refractivity contribution in [3.8, 4) is 11.4 Å². The predicted octanol–water partition coefficient (Wildman–Crippen LogP) is 2.16. The molecule has 0 spiro atoms. The molecule has 1 atom stereocenters. The van der Waals surface area contributed by atoms with Crippen LogP contribution in [-0.4, -0.2) is 46.7 Å². The molecular weight excluding hydrogens is 316 g/mol. The van der Waals surface area contributed by atoms with Crippen LogP contribution in [0.3, 0.4) is 0 Å². The van der Waals surface area contributed by atoms with E-state index in [0.717, 1.165) is 22.3 Å². The predicted molar refractivity (Wildman–Crippen MR) is 96.6 cm³/mol. The standard InChI is InChI=1S/C19H18N4O2/c24-19(25)16-12-23(11-10-20-16)18-14-8-4-5-9-15(14)21-17(22-18)13-6-2-1-3-7-13/h1-9,16,20H,10-12H2,(H,24,25)/t16-/m0/s1. The summed E-state index contributed by atoms with van der Waals surface area (Å²) < 4.78 is 0. The molecule has 25 heavy (non-hydrogen) atoms. The Bertz CT molecular complexity index is 914. The van der Waals surface area contributed by atoms with E-state index in [1.165, 1.54) is 0 Å². The van der Waals surface area contributed by atoms with Crippen LogP contribution in [-0.2, 0) is 4.79 Å². The van der Waals surface area contributed by atoms with Crippen LogP contribution in [0, 0.1) is 0 Å². The molecule has 126 valence electrons. The number of nitrogens with zero attached hydrogens (tertiary/aromatic N) is 3. The fraction of sp³-hybridized carbons (Fsp3) is 0.211. The van der Waals surface area contributed by atoms with Crippen molar-refractivity contribution in [3.05, 3.63) is 54.6 Å². The van der Waals surface area contributed by atoms with E-state index in [1.807, 2.05) is 59.5 Å². The van der Waals surface area contributed by atoms with Gasteiger partial charge in [-0.05, 0) is 12.1 Å². The molecule has 4 rings (SSSR count). The van der Waals surface area contributed by atoms with Gasteiger partial charge in [0.1, 0.15) is 11.9 Å². The molecule has 1 fully saturated rings. The third-order valence-corrected chi connectivity index (χ3v) is 4.39. The monoisotopic (exact) mass is 334 g/mol. The Balaban J connectivity index is 1.83. The lowest BCUT2D eigenvalue weighted by Gasteiger charge is -2.33. The van der Waals surface area contributed by atoms with Gasteiger partial charge in [0.2, 0.25) is 0 Å². The van der Waals surface area contributed by atoms with Crippen LogP contribution >= 0.6 is 0 Å². The molecule has 0 radical (unpaired) electrons. The number of rotatable bonds is 3. The maximum absolute atomic E-state index is 11.4. The number of carboxylic acid groups (broad SMARTS) is 1. The Kier molecular flexibility index (Phi) is 4.03. The van der Waals surface area contributed by atoms with E-state index in [-0.39, 0.29) is 0 Å². The molecule has 2 aromatic carbocycles. The second-order valence-corrected chi connectivity index (χ2v) is 6.04. The highest BCUT2D eigenvalue weighted by molar-refractivity contribution is 5.91. The molecule has 0 unspecified atom stereocenters. The van der Waals surface area contributed by atoms with E-state index in [1.54, 1.807) is 0 Å². The lowest BCUT2D eigenvalue weighted by molar-refractivity contribution is -0.139. The minimum atomic E-state index is -0.841. The number of piperazine rings is 1. The first kappa shape index (κ1) is 15.5. The van der Waals surface area contributed by atoms with E-state index < -0.39 is 12.0 Å². The molecule has 6 nitrogen and oxygen atoms in total. The van der Waals surface area contributed by atoms with Gasteiger partial charge in [0.15, 0.2) is 5.82 Å². The molecule has 3 aromatic rings. The molecule has 6 heteroatoms. The van der Waals surface area contributed by atoms with Gasteiger partial charge in [0.05, 0.1) is 5.52 Å². The Labute approximate surface area is 145 Å². The Morgan fingerprint density at radius 2 is 1.84 bits per heavy atom. The summed E-state index contributed by atoms with van der Waals surface area (Å²) in [6.07, 6.45) is 0. The maximum atomic E-state index is 11.4. The third-order valence-electron chi connectivity index (χ3n) is 4.39. The summed E-state index contributed by atoms with van der Waals surface area (Å²) in [6.45, 7) is 1.69. The van der Waals surface area contributed by atoms with Gasteiger partial charge in [-0.15, -0.1) is 0 Å². The minimum absolute atomic E-state index is 0.380. The van der Waals surface area contributed by atoms with Gasteiger partial charge < -0.3 is 15.3 Å². The molecule has 0 saturated carbocycles. The van der Waals surface area contributed by atoms with Crippen LogP contribution in [0.5, 0.6) is 0 Å². The number of aliphatic carboxylic acids is 1. The smallest absolute Gasteiger partial charge is 0.322 e. The van der Waals surface area contributed by atoms with Crippen molar-refractivity contribution in [2.24, 2.45) is 0 Å². The van der Waals surface area contributed by atoms with Crippen molar-refractivity contribution in [3.63, 3.8) is 0 Å². The van der Waals surface area contributed by atoms with Crippen molar-refractivity contribution in [1.82, 2.24) is 15.3 Å². The number of carbonyl (C=O) groups is 1. The van der Waals surface area contributed by atoms with Crippen LogP contribution in [0.15, 0.2) is 54.6 Å². The van der Waals surface area contributed by atoms with Gasteiger partial charge in [-0.3, -0.25) is 4.79 Å². The van der Waals surface area contributed by atoms with E-state index in [0.29, 0.717) is 25.5 Å². The average Bonchev–Trinajstić information content (AvgIpc) is 2.68. The van der Waals surface area contributed by atoms with E-state index >= 15 is 0 Å². The molecule has 2 N–H and O–H groups in total. The van der Waals surface area contributed by atoms with Gasteiger partial charge in [0.25, 0.3) is 0 Å². The molecule has 1 saturated heterocycles. The zero-order valence-electron chi connectivity index (χ0n) is 13.6. The number of hydrogen-bond donors (Lipinski definition) is 2. The first-order valence-corrected chi connectivity index (χ1v) is 8.26.